The Hall–Kier alpha value is -0.850. The first kappa shape index (κ1) is 13.2. The molecule has 3 N–H and O–H groups in total. The molecule has 0 radical (unpaired) electrons. The fraction of sp³-hybridized carbons (Fsp3) is 0.400. The number of halogens is 2. The van der Waals surface area contributed by atoms with E-state index in [-0.39, 0.29) is 12.0 Å². The van der Waals surface area contributed by atoms with Crippen LogP contribution in [-0.4, -0.2) is 27.2 Å². The third-order valence-corrected chi connectivity index (χ3v) is 2.43. The number of phenols is 1. The van der Waals surface area contributed by atoms with Gasteiger partial charge in [-0.05, 0) is 29.9 Å². The summed E-state index contributed by atoms with van der Waals surface area (Å²) in [6.45, 7) is 0. The highest BCUT2D eigenvalue weighted by Crippen LogP contribution is 2.27. The second-order valence-electron chi connectivity index (χ2n) is 3.36. The van der Waals surface area contributed by atoms with Gasteiger partial charge in [0.25, 0.3) is 0 Å². The maximum absolute atomic E-state index is 13.0. The van der Waals surface area contributed by atoms with Crippen molar-refractivity contribution in [1.82, 2.24) is 0 Å². The molecule has 0 amide bonds. The number of benzene rings is 1. The molecule has 6 heteroatoms. The third-order valence-electron chi connectivity index (χ3n) is 2.17. The highest BCUT2D eigenvalue weighted by molar-refractivity contribution is 7.80. The fourth-order valence-electron chi connectivity index (χ4n) is 1.27. The minimum absolute atomic E-state index is 0.123. The van der Waals surface area contributed by atoms with Crippen molar-refractivity contribution in [3.8, 4) is 5.75 Å². The Morgan fingerprint density at radius 2 is 1.69 bits per heavy atom. The Bertz CT molecular complexity index is 350. The van der Waals surface area contributed by atoms with Crippen molar-refractivity contribution in [2.45, 2.75) is 18.6 Å². The third kappa shape index (κ3) is 2.84. The predicted molar refractivity (Wildman–Crippen MR) is 57.5 cm³/mol. The second kappa shape index (κ2) is 5.47. The van der Waals surface area contributed by atoms with Gasteiger partial charge in [-0.2, -0.15) is 12.6 Å². The highest BCUT2D eigenvalue weighted by atomic mass is 32.1. The lowest BCUT2D eigenvalue weighted by Gasteiger charge is -2.17. The first-order chi connectivity index (χ1) is 7.47. The average Bonchev–Trinajstić information content (AvgIpc) is 2.24. The molecule has 2 unspecified atom stereocenters. The fourth-order valence-corrected chi connectivity index (χ4v) is 1.53. The van der Waals surface area contributed by atoms with E-state index in [1.807, 2.05) is 0 Å². The molecule has 0 spiro atoms. The molecule has 0 aromatic heterocycles. The molecule has 2 atom stereocenters. The molecule has 0 bridgehead atoms. The predicted octanol–water partition coefficient (Wildman–Crippen LogP) is 1.38. The smallest absolute Gasteiger partial charge is 0.187 e. The summed E-state index contributed by atoms with van der Waals surface area (Å²) in [5, 5.41) is 27.8. The van der Waals surface area contributed by atoms with Gasteiger partial charge in [-0.1, -0.05) is 0 Å². The zero-order valence-electron chi connectivity index (χ0n) is 8.27. The maximum Gasteiger partial charge on any atom is 0.187 e. The standard InChI is InChI=1S/C10H12F2O3S/c11-6-3-5(4-7(12)10(6)15)9(14)8(13)1-2-16/h3-4,8-9,13-16H,1-2H2. The van der Waals surface area contributed by atoms with E-state index in [9.17, 15) is 19.0 Å². The van der Waals surface area contributed by atoms with Crippen molar-refractivity contribution < 1.29 is 24.1 Å². The van der Waals surface area contributed by atoms with Crippen LogP contribution in [0.2, 0.25) is 0 Å². The van der Waals surface area contributed by atoms with Gasteiger partial charge in [0, 0.05) is 0 Å². The number of hydrogen-bond acceptors (Lipinski definition) is 4. The van der Waals surface area contributed by atoms with E-state index in [1.165, 1.54) is 0 Å². The quantitative estimate of drug-likeness (QED) is 0.611. The Labute approximate surface area is 96.8 Å². The summed E-state index contributed by atoms with van der Waals surface area (Å²) in [5.41, 5.74) is -0.123. The summed E-state index contributed by atoms with van der Waals surface area (Å²) >= 11 is 3.86. The van der Waals surface area contributed by atoms with Crippen molar-refractivity contribution in [1.29, 1.82) is 0 Å². The Morgan fingerprint density at radius 1 is 1.19 bits per heavy atom. The SMILES string of the molecule is Oc1c(F)cc(C(O)C(O)CCS)cc1F. The van der Waals surface area contributed by atoms with E-state index in [0.29, 0.717) is 5.75 Å². The molecule has 1 aromatic rings. The highest BCUT2D eigenvalue weighted by Gasteiger charge is 2.20. The lowest BCUT2D eigenvalue weighted by Crippen LogP contribution is -2.19. The number of rotatable bonds is 4. The zero-order chi connectivity index (χ0) is 12.3. The number of aliphatic hydroxyl groups is 2. The van der Waals surface area contributed by atoms with Crippen molar-refractivity contribution >= 4 is 12.6 Å². The molecule has 0 aliphatic carbocycles. The summed E-state index contributed by atoms with van der Waals surface area (Å²) in [4.78, 5) is 0. The number of phenolic OH excluding ortho intramolecular Hbond substituents is 1. The average molecular weight is 250 g/mol. The molecular formula is C10H12F2O3S. The van der Waals surface area contributed by atoms with Crippen molar-refractivity contribution in [2.75, 3.05) is 5.75 Å². The topological polar surface area (TPSA) is 60.7 Å². The Balaban J connectivity index is 2.96. The van der Waals surface area contributed by atoms with E-state index in [1.54, 1.807) is 0 Å². The molecule has 90 valence electrons. The van der Waals surface area contributed by atoms with Crippen LogP contribution in [0.15, 0.2) is 12.1 Å². The van der Waals surface area contributed by atoms with Crippen LogP contribution in [0.1, 0.15) is 18.1 Å². The van der Waals surface area contributed by atoms with Crippen LogP contribution in [-0.2, 0) is 0 Å². The maximum atomic E-state index is 13.0. The second-order valence-corrected chi connectivity index (χ2v) is 3.80. The molecule has 0 saturated heterocycles. The lowest BCUT2D eigenvalue weighted by molar-refractivity contribution is 0.0168. The van der Waals surface area contributed by atoms with Gasteiger partial charge in [-0.25, -0.2) is 8.78 Å². The lowest BCUT2D eigenvalue weighted by atomic mass is 10.0. The number of aliphatic hydroxyl groups excluding tert-OH is 2. The molecule has 16 heavy (non-hydrogen) atoms. The molecule has 0 heterocycles. The van der Waals surface area contributed by atoms with E-state index in [2.05, 4.69) is 12.6 Å². The van der Waals surface area contributed by atoms with Gasteiger partial charge in [0.2, 0.25) is 0 Å². The molecule has 3 nitrogen and oxygen atoms in total. The van der Waals surface area contributed by atoms with Gasteiger partial charge < -0.3 is 15.3 Å². The van der Waals surface area contributed by atoms with Gasteiger partial charge in [-0.15, -0.1) is 0 Å². The van der Waals surface area contributed by atoms with Crippen molar-refractivity contribution in [2.24, 2.45) is 0 Å². The molecule has 0 aliphatic heterocycles. The van der Waals surface area contributed by atoms with E-state index < -0.39 is 29.6 Å². The summed E-state index contributed by atoms with van der Waals surface area (Å²) in [5.74, 6) is -3.11. The molecular weight excluding hydrogens is 238 g/mol. The summed E-state index contributed by atoms with van der Waals surface area (Å²) in [6.07, 6.45) is -2.37. The van der Waals surface area contributed by atoms with Crippen molar-refractivity contribution in [3.63, 3.8) is 0 Å². The van der Waals surface area contributed by atoms with Gasteiger partial charge >= 0.3 is 0 Å². The van der Waals surface area contributed by atoms with Crippen LogP contribution in [0.25, 0.3) is 0 Å². The van der Waals surface area contributed by atoms with Gasteiger partial charge in [-0.3, -0.25) is 0 Å². The van der Waals surface area contributed by atoms with E-state index in [4.69, 9.17) is 5.11 Å². The van der Waals surface area contributed by atoms with Crippen LogP contribution < -0.4 is 0 Å². The number of aromatic hydroxyl groups is 1. The summed E-state index contributed by atoms with van der Waals surface area (Å²) in [7, 11) is 0. The minimum atomic E-state index is -1.41. The van der Waals surface area contributed by atoms with Crippen LogP contribution in [0.4, 0.5) is 8.78 Å². The van der Waals surface area contributed by atoms with Crippen molar-refractivity contribution in [3.05, 3.63) is 29.3 Å². The first-order valence-electron chi connectivity index (χ1n) is 4.62. The first-order valence-corrected chi connectivity index (χ1v) is 5.25. The largest absolute Gasteiger partial charge is 0.503 e. The monoisotopic (exact) mass is 250 g/mol. The van der Waals surface area contributed by atoms with Crippen LogP contribution >= 0.6 is 12.6 Å². The molecule has 1 aromatic carbocycles. The van der Waals surface area contributed by atoms with Gasteiger partial charge in [0.1, 0.15) is 6.10 Å². The number of thiol groups is 1. The normalized spacial score (nSPS) is 14.8. The Morgan fingerprint density at radius 3 is 2.12 bits per heavy atom. The zero-order valence-corrected chi connectivity index (χ0v) is 9.16. The van der Waals surface area contributed by atoms with Gasteiger partial charge in [0.05, 0.1) is 6.10 Å². The Kier molecular flexibility index (Phi) is 4.52. The van der Waals surface area contributed by atoms with E-state index in [0.717, 1.165) is 12.1 Å². The molecule has 0 aliphatic rings. The molecule has 1 rings (SSSR count). The van der Waals surface area contributed by atoms with E-state index >= 15 is 0 Å². The van der Waals surface area contributed by atoms with Gasteiger partial charge in [0.15, 0.2) is 17.4 Å². The summed E-state index contributed by atoms with van der Waals surface area (Å²) in [6, 6.07) is 1.57. The minimum Gasteiger partial charge on any atom is -0.503 e. The summed E-state index contributed by atoms with van der Waals surface area (Å²) < 4.78 is 25.9. The molecule has 0 fully saturated rings. The number of hydrogen-bond donors (Lipinski definition) is 4. The van der Waals surface area contributed by atoms with Crippen LogP contribution in [0.3, 0.4) is 0 Å². The van der Waals surface area contributed by atoms with Crippen LogP contribution in [0.5, 0.6) is 5.75 Å². The molecule has 0 saturated carbocycles. The van der Waals surface area contributed by atoms with Crippen LogP contribution in [0, 0.1) is 11.6 Å².